The van der Waals surface area contributed by atoms with Crippen molar-refractivity contribution in [2.75, 3.05) is 33.9 Å². The maximum Gasteiger partial charge on any atom is 0.191 e. The Hall–Kier alpha value is -2.12. The monoisotopic (exact) mass is 390 g/mol. The molecule has 2 aromatic rings. The molecule has 0 amide bonds. The number of thiazole rings is 1. The first-order valence-corrected chi connectivity index (χ1v) is 9.93. The summed E-state index contributed by atoms with van der Waals surface area (Å²) < 4.78 is 10.9. The SMILES string of the molecule is CN=C(NCCc1sc(C)nc1C)NCc1ccc(C)cc1OCCOC. The Bertz CT molecular complexity index is 758. The molecule has 0 aliphatic heterocycles. The van der Waals surface area contributed by atoms with Crippen molar-refractivity contribution < 1.29 is 9.47 Å². The summed E-state index contributed by atoms with van der Waals surface area (Å²) >= 11 is 1.76. The Morgan fingerprint density at radius 2 is 2.00 bits per heavy atom. The van der Waals surface area contributed by atoms with E-state index in [9.17, 15) is 0 Å². The highest BCUT2D eigenvalue weighted by atomic mass is 32.1. The molecule has 0 atom stereocenters. The third-order valence-corrected chi connectivity index (χ3v) is 5.21. The van der Waals surface area contributed by atoms with Gasteiger partial charge in [0.25, 0.3) is 0 Å². The fourth-order valence-electron chi connectivity index (χ4n) is 2.68. The van der Waals surface area contributed by atoms with Gasteiger partial charge in [-0.1, -0.05) is 12.1 Å². The predicted molar refractivity (Wildman–Crippen MR) is 112 cm³/mol. The van der Waals surface area contributed by atoms with E-state index in [0.717, 1.165) is 40.9 Å². The molecule has 6 nitrogen and oxygen atoms in total. The van der Waals surface area contributed by atoms with Crippen LogP contribution in [-0.2, 0) is 17.7 Å². The van der Waals surface area contributed by atoms with Crippen molar-refractivity contribution in [2.24, 2.45) is 4.99 Å². The van der Waals surface area contributed by atoms with Gasteiger partial charge >= 0.3 is 0 Å². The minimum Gasteiger partial charge on any atom is -0.491 e. The number of methoxy groups -OCH3 is 1. The molecule has 0 saturated carbocycles. The molecule has 27 heavy (non-hydrogen) atoms. The third-order valence-electron chi connectivity index (χ3n) is 4.08. The molecule has 0 saturated heterocycles. The number of guanidine groups is 1. The van der Waals surface area contributed by atoms with Crippen LogP contribution in [0.3, 0.4) is 0 Å². The van der Waals surface area contributed by atoms with Gasteiger partial charge < -0.3 is 20.1 Å². The van der Waals surface area contributed by atoms with Gasteiger partial charge in [-0.25, -0.2) is 4.98 Å². The van der Waals surface area contributed by atoms with Gasteiger partial charge in [-0.05, 0) is 32.4 Å². The largest absolute Gasteiger partial charge is 0.491 e. The van der Waals surface area contributed by atoms with Crippen LogP contribution in [-0.4, -0.2) is 44.9 Å². The molecule has 1 heterocycles. The summed E-state index contributed by atoms with van der Waals surface area (Å²) in [5, 5.41) is 7.84. The minimum atomic E-state index is 0.535. The summed E-state index contributed by atoms with van der Waals surface area (Å²) in [4.78, 5) is 10.1. The number of rotatable bonds is 9. The topological polar surface area (TPSA) is 67.8 Å². The normalized spacial score (nSPS) is 11.5. The standard InChI is InChI=1S/C20H30N4O2S/c1-14-6-7-17(18(12-14)26-11-10-25-5)13-23-20(21-4)22-9-8-19-15(2)24-16(3)27-19/h6-7,12H,8-11,13H2,1-5H3,(H2,21,22,23). The van der Waals surface area contributed by atoms with Crippen LogP contribution in [0, 0.1) is 20.8 Å². The maximum absolute atomic E-state index is 5.85. The summed E-state index contributed by atoms with van der Waals surface area (Å²) in [6.45, 7) is 8.73. The lowest BCUT2D eigenvalue weighted by Gasteiger charge is -2.15. The zero-order valence-corrected chi connectivity index (χ0v) is 17.7. The second-order valence-corrected chi connectivity index (χ2v) is 7.58. The van der Waals surface area contributed by atoms with E-state index in [2.05, 4.69) is 52.7 Å². The summed E-state index contributed by atoms with van der Waals surface area (Å²) in [5.74, 6) is 1.66. The van der Waals surface area contributed by atoms with Gasteiger partial charge in [0.1, 0.15) is 12.4 Å². The molecular formula is C20H30N4O2S. The van der Waals surface area contributed by atoms with Gasteiger partial charge in [0.15, 0.2) is 5.96 Å². The number of aryl methyl sites for hydroxylation is 3. The van der Waals surface area contributed by atoms with Gasteiger partial charge in [0, 0.05) is 44.1 Å². The lowest BCUT2D eigenvalue weighted by atomic mass is 10.1. The van der Waals surface area contributed by atoms with E-state index in [1.165, 1.54) is 10.4 Å². The lowest BCUT2D eigenvalue weighted by molar-refractivity contribution is 0.145. The molecule has 0 spiro atoms. The number of hydrogen-bond acceptors (Lipinski definition) is 5. The molecule has 1 aromatic carbocycles. The fraction of sp³-hybridized carbons (Fsp3) is 0.500. The quantitative estimate of drug-likeness (QED) is 0.391. The van der Waals surface area contributed by atoms with Crippen molar-refractivity contribution in [3.63, 3.8) is 0 Å². The van der Waals surface area contributed by atoms with Gasteiger partial charge in [-0.3, -0.25) is 4.99 Å². The molecule has 0 fully saturated rings. The highest BCUT2D eigenvalue weighted by Gasteiger charge is 2.07. The smallest absolute Gasteiger partial charge is 0.191 e. The zero-order chi connectivity index (χ0) is 19.6. The zero-order valence-electron chi connectivity index (χ0n) is 16.9. The Labute approximate surface area is 166 Å². The molecule has 0 aliphatic rings. The van der Waals surface area contributed by atoms with Crippen LogP contribution in [0.1, 0.15) is 26.7 Å². The van der Waals surface area contributed by atoms with Crippen LogP contribution in [0.25, 0.3) is 0 Å². The molecule has 0 aliphatic carbocycles. The van der Waals surface area contributed by atoms with Crippen molar-refractivity contribution in [3.05, 3.63) is 44.9 Å². The van der Waals surface area contributed by atoms with Gasteiger partial charge in [0.05, 0.1) is 17.3 Å². The van der Waals surface area contributed by atoms with Crippen LogP contribution in [0.15, 0.2) is 23.2 Å². The number of benzene rings is 1. The Morgan fingerprint density at radius 3 is 2.67 bits per heavy atom. The summed E-state index contributed by atoms with van der Waals surface area (Å²) in [5.41, 5.74) is 3.39. The first kappa shape index (κ1) is 21.2. The number of nitrogens with one attached hydrogen (secondary N) is 2. The van der Waals surface area contributed by atoms with Crippen molar-refractivity contribution in [1.82, 2.24) is 15.6 Å². The van der Waals surface area contributed by atoms with Crippen molar-refractivity contribution >= 4 is 17.3 Å². The predicted octanol–water partition coefficient (Wildman–Crippen LogP) is 3.00. The van der Waals surface area contributed by atoms with Gasteiger partial charge in [-0.15, -0.1) is 11.3 Å². The van der Waals surface area contributed by atoms with Crippen LogP contribution in [0.4, 0.5) is 0 Å². The van der Waals surface area contributed by atoms with Crippen LogP contribution in [0.2, 0.25) is 0 Å². The molecule has 0 unspecified atom stereocenters. The van der Waals surface area contributed by atoms with E-state index in [1.807, 2.05) is 6.92 Å². The van der Waals surface area contributed by atoms with E-state index in [0.29, 0.717) is 19.8 Å². The molecule has 1 aromatic heterocycles. The molecule has 7 heteroatoms. The van der Waals surface area contributed by atoms with Crippen molar-refractivity contribution in [2.45, 2.75) is 33.7 Å². The van der Waals surface area contributed by atoms with Gasteiger partial charge in [-0.2, -0.15) is 0 Å². The summed E-state index contributed by atoms with van der Waals surface area (Å²) in [7, 11) is 3.45. The third kappa shape index (κ3) is 6.84. The number of ether oxygens (including phenoxy) is 2. The summed E-state index contributed by atoms with van der Waals surface area (Å²) in [6, 6.07) is 6.23. The molecule has 2 N–H and O–H groups in total. The van der Waals surface area contributed by atoms with E-state index < -0.39 is 0 Å². The molecule has 2 rings (SSSR count). The molecule has 148 valence electrons. The Morgan fingerprint density at radius 1 is 1.19 bits per heavy atom. The lowest BCUT2D eigenvalue weighted by Crippen LogP contribution is -2.37. The summed E-state index contributed by atoms with van der Waals surface area (Å²) in [6.07, 6.45) is 0.938. The number of nitrogens with zero attached hydrogens (tertiary/aromatic N) is 2. The molecule has 0 bridgehead atoms. The first-order valence-electron chi connectivity index (χ1n) is 9.12. The van der Waals surface area contributed by atoms with E-state index in [1.54, 1.807) is 25.5 Å². The second-order valence-electron chi connectivity index (χ2n) is 6.30. The second kappa shape index (κ2) is 10.9. The minimum absolute atomic E-state index is 0.535. The van der Waals surface area contributed by atoms with Crippen molar-refractivity contribution in [3.8, 4) is 5.75 Å². The highest BCUT2D eigenvalue weighted by Crippen LogP contribution is 2.20. The molecular weight excluding hydrogens is 360 g/mol. The van der Waals surface area contributed by atoms with E-state index >= 15 is 0 Å². The van der Waals surface area contributed by atoms with Crippen molar-refractivity contribution in [1.29, 1.82) is 0 Å². The Balaban J connectivity index is 1.87. The van der Waals surface area contributed by atoms with Crippen LogP contribution in [0.5, 0.6) is 5.75 Å². The van der Waals surface area contributed by atoms with Crippen LogP contribution < -0.4 is 15.4 Å². The highest BCUT2D eigenvalue weighted by molar-refractivity contribution is 7.11. The number of aromatic nitrogens is 1. The number of aliphatic imine (C=N–C) groups is 1. The average molecular weight is 391 g/mol. The maximum atomic E-state index is 5.85. The van der Waals surface area contributed by atoms with Gasteiger partial charge in [0.2, 0.25) is 0 Å². The number of hydrogen-bond donors (Lipinski definition) is 2. The first-order chi connectivity index (χ1) is 13.0. The Kier molecular flexibility index (Phi) is 8.54. The van der Waals surface area contributed by atoms with Crippen LogP contribution >= 0.6 is 11.3 Å². The van der Waals surface area contributed by atoms with E-state index in [-0.39, 0.29) is 0 Å². The fourth-order valence-corrected chi connectivity index (χ4v) is 3.61. The average Bonchev–Trinajstić information content (AvgIpc) is 2.96. The molecule has 0 radical (unpaired) electrons. The van der Waals surface area contributed by atoms with E-state index in [4.69, 9.17) is 9.47 Å².